The Morgan fingerprint density at radius 2 is 2.07 bits per heavy atom. The van der Waals surface area contributed by atoms with E-state index >= 15 is 0 Å². The molecule has 3 nitrogen and oxygen atoms in total. The third kappa shape index (κ3) is 2.64. The molecule has 1 N–H and O–H groups in total. The monoisotopic (exact) mass is 223 g/mol. The van der Waals surface area contributed by atoms with Crippen LogP contribution >= 0.6 is 0 Å². The minimum atomic E-state index is -3.28. The molecule has 82 valence electrons. The van der Waals surface area contributed by atoms with Gasteiger partial charge < -0.3 is 5.11 Å². The zero-order valence-electron chi connectivity index (χ0n) is 7.18. The van der Waals surface area contributed by atoms with Gasteiger partial charge in [-0.05, 0) is 6.07 Å². The van der Waals surface area contributed by atoms with Gasteiger partial charge in [0.15, 0.2) is 5.82 Å². The first-order valence-corrected chi connectivity index (χ1v) is 3.76. The average molecular weight is 223 g/mol. The summed E-state index contributed by atoms with van der Waals surface area (Å²) in [5.74, 6) is -4.25. The van der Waals surface area contributed by atoms with Crippen LogP contribution in [0, 0.1) is 11.8 Å². The van der Waals surface area contributed by atoms with Gasteiger partial charge >= 0.3 is 5.97 Å². The van der Waals surface area contributed by atoms with Crippen LogP contribution in [0.4, 0.5) is 17.6 Å². The molecule has 0 aliphatic heterocycles. The van der Waals surface area contributed by atoms with Crippen molar-refractivity contribution in [3.63, 3.8) is 0 Å². The van der Waals surface area contributed by atoms with E-state index in [2.05, 4.69) is 4.98 Å². The summed E-state index contributed by atoms with van der Waals surface area (Å²) >= 11 is 0. The molecule has 0 aliphatic carbocycles. The second kappa shape index (κ2) is 4.24. The molecule has 15 heavy (non-hydrogen) atoms. The van der Waals surface area contributed by atoms with Gasteiger partial charge in [0, 0.05) is 5.56 Å². The van der Waals surface area contributed by atoms with Crippen molar-refractivity contribution in [2.24, 2.45) is 0 Å². The van der Waals surface area contributed by atoms with Gasteiger partial charge in [-0.15, -0.1) is 0 Å². The maximum atomic E-state index is 13.1. The lowest BCUT2D eigenvalue weighted by Crippen LogP contribution is -2.08. The number of carboxylic acids is 1. The average Bonchev–Trinajstić information content (AvgIpc) is 2.09. The molecule has 7 heteroatoms. The number of aromatic nitrogens is 1. The van der Waals surface area contributed by atoms with E-state index in [4.69, 9.17) is 5.11 Å². The molecule has 0 radical (unpaired) electrons. The Morgan fingerprint density at radius 3 is 2.53 bits per heavy atom. The Morgan fingerprint density at radius 1 is 1.47 bits per heavy atom. The summed E-state index contributed by atoms with van der Waals surface area (Å²) in [6.45, 7) is 0. The Balaban J connectivity index is 3.21. The molecular weight excluding hydrogens is 218 g/mol. The summed E-state index contributed by atoms with van der Waals surface area (Å²) in [4.78, 5) is 12.9. The van der Waals surface area contributed by atoms with Crippen molar-refractivity contribution in [2.45, 2.75) is 12.8 Å². The van der Waals surface area contributed by atoms with Crippen molar-refractivity contribution in [2.75, 3.05) is 0 Å². The number of nitrogens with zero attached hydrogens (tertiary/aromatic N) is 1. The van der Waals surface area contributed by atoms with Gasteiger partial charge in [-0.1, -0.05) is 0 Å². The predicted molar refractivity (Wildman–Crippen MR) is 40.4 cm³/mol. The summed E-state index contributed by atoms with van der Waals surface area (Å²) in [5, 5.41) is 8.31. The van der Waals surface area contributed by atoms with E-state index in [0.29, 0.717) is 6.07 Å². The maximum Gasteiger partial charge on any atom is 0.307 e. The smallest absolute Gasteiger partial charge is 0.307 e. The van der Waals surface area contributed by atoms with Crippen LogP contribution in [0.5, 0.6) is 0 Å². The molecule has 1 heterocycles. The van der Waals surface area contributed by atoms with Crippen molar-refractivity contribution in [3.8, 4) is 0 Å². The van der Waals surface area contributed by atoms with E-state index < -0.39 is 41.8 Å². The lowest BCUT2D eigenvalue weighted by Gasteiger charge is -2.05. The van der Waals surface area contributed by atoms with E-state index in [9.17, 15) is 22.4 Å². The van der Waals surface area contributed by atoms with Crippen LogP contribution in [0.1, 0.15) is 17.7 Å². The fourth-order valence-electron chi connectivity index (χ4n) is 1.00. The minimum absolute atomic E-state index is 0.481. The molecular formula is C8H5F4NO2. The first kappa shape index (κ1) is 11.4. The van der Waals surface area contributed by atoms with Gasteiger partial charge in [-0.2, -0.15) is 4.39 Å². The van der Waals surface area contributed by atoms with Gasteiger partial charge in [0.2, 0.25) is 5.95 Å². The third-order valence-corrected chi connectivity index (χ3v) is 1.58. The van der Waals surface area contributed by atoms with E-state index in [1.165, 1.54) is 0 Å². The maximum absolute atomic E-state index is 13.1. The van der Waals surface area contributed by atoms with Crippen LogP contribution in [-0.2, 0) is 11.2 Å². The van der Waals surface area contributed by atoms with Gasteiger partial charge in [0.1, 0.15) is 5.69 Å². The van der Waals surface area contributed by atoms with Crippen molar-refractivity contribution in [1.82, 2.24) is 4.98 Å². The lowest BCUT2D eigenvalue weighted by molar-refractivity contribution is -0.136. The highest BCUT2D eigenvalue weighted by Crippen LogP contribution is 2.23. The molecule has 1 aromatic heterocycles. The zero-order valence-corrected chi connectivity index (χ0v) is 7.18. The molecule has 0 atom stereocenters. The Bertz CT molecular complexity index is 394. The minimum Gasteiger partial charge on any atom is -0.481 e. The number of halogens is 4. The van der Waals surface area contributed by atoms with Crippen LogP contribution < -0.4 is 0 Å². The third-order valence-electron chi connectivity index (χ3n) is 1.58. The van der Waals surface area contributed by atoms with E-state index in [1.807, 2.05) is 0 Å². The highest BCUT2D eigenvalue weighted by molar-refractivity contribution is 5.70. The summed E-state index contributed by atoms with van der Waals surface area (Å²) in [7, 11) is 0. The Kier molecular flexibility index (Phi) is 3.23. The highest BCUT2D eigenvalue weighted by Gasteiger charge is 2.21. The summed E-state index contributed by atoms with van der Waals surface area (Å²) < 4.78 is 49.9. The SMILES string of the molecule is O=C(O)Cc1cc(F)nc(C(F)F)c1F. The second-order valence-electron chi connectivity index (χ2n) is 2.67. The van der Waals surface area contributed by atoms with E-state index in [0.717, 1.165) is 0 Å². The Hall–Kier alpha value is -1.66. The Labute approximate surface area is 81.4 Å². The van der Waals surface area contributed by atoms with Gasteiger partial charge in [-0.25, -0.2) is 18.2 Å². The van der Waals surface area contributed by atoms with Crippen LogP contribution in [0.2, 0.25) is 0 Å². The fraction of sp³-hybridized carbons (Fsp3) is 0.250. The molecule has 1 rings (SSSR count). The molecule has 0 amide bonds. The molecule has 0 unspecified atom stereocenters. The van der Waals surface area contributed by atoms with E-state index in [1.54, 1.807) is 0 Å². The number of rotatable bonds is 3. The van der Waals surface area contributed by atoms with Gasteiger partial charge in [-0.3, -0.25) is 4.79 Å². The number of hydrogen-bond donors (Lipinski definition) is 1. The molecule has 0 aliphatic rings. The predicted octanol–water partition coefficient (Wildman–Crippen LogP) is 1.92. The van der Waals surface area contributed by atoms with Crippen molar-refractivity contribution >= 4 is 5.97 Å². The molecule has 0 aromatic carbocycles. The highest BCUT2D eigenvalue weighted by atomic mass is 19.3. The van der Waals surface area contributed by atoms with Crippen molar-refractivity contribution < 1.29 is 27.5 Å². The molecule has 0 saturated carbocycles. The fourth-order valence-corrected chi connectivity index (χ4v) is 1.00. The zero-order chi connectivity index (χ0) is 11.6. The number of alkyl halides is 2. The molecule has 0 bridgehead atoms. The lowest BCUT2D eigenvalue weighted by atomic mass is 10.1. The first-order valence-electron chi connectivity index (χ1n) is 3.76. The summed E-state index contributed by atoms with van der Waals surface area (Å²) in [6.07, 6.45) is -4.15. The molecule has 0 saturated heterocycles. The van der Waals surface area contributed by atoms with Crippen molar-refractivity contribution in [3.05, 3.63) is 29.1 Å². The van der Waals surface area contributed by atoms with Gasteiger partial charge in [0.05, 0.1) is 6.42 Å². The number of carboxylic acid groups (broad SMARTS) is 1. The number of aliphatic carboxylic acids is 1. The van der Waals surface area contributed by atoms with Crippen molar-refractivity contribution in [1.29, 1.82) is 0 Å². The molecule has 0 fully saturated rings. The topological polar surface area (TPSA) is 50.2 Å². The molecule has 0 spiro atoms. The second-order valence-corrected chi connectivity index (χ2v) is 2.67. The van der Waals surface area contributed by atoms with Crippen LogP contribution in [0.15, 0.2) is 6.07 Å². The quantitative estimate of drug-likeness (QED) is 0.629. The normalized spacial score (nSPS) is 10.7. The van der Waals surface area contributed by atoms with Crippen LogP contribution in [0.25, 0.3) is 0 Å². The number of carbonyl (C=O) groups is 1. The number of hydrogen-bond acceptors (Lipinski definition) is 2. The first-order chi connectivity index (χ1) is 6.91. The standard InChI is InChI=1S/C8H5F4NO2/c9-4-1-3(2-5(14)15)6(10)7(13-4)8(11)12/h1,8H,2H2,(H,14,15). The van der Waals surface area contributed by atoms with E-state index in [-0.39, 0.29) is 0 Å². The molecule has 1 aromatic rings. The van der Waals surface area contributed by atoms with Crippen LogP contribution in [-0.4, -0.2) is 16.1 Å². The number of pyridine rings is 1. The van der Waals surface area contributed by atoms with Gasteiger partial charge in [0.25, 0.3) is 6.43 Å². The largest absolute Gasteiger partial charge is 0.481 e. The summed E-state index contributed by atoms with van der Waals surface area (Å²) in [5.41, 5.74) is -2.02. The summed E-state index contributed by atoms with van der Waals surface area (Å²) in [6, 6.07) is 0.481. The van der Waals surface area contributed by atoms with Crippen LogP contribution in [0.3, 0.4) is 0 Å².